The minimum atomic E-state index is -0.489. The van der Waals surface area contributed by atoms with Crippen LogP contribution >= 0.6 is 0 Å². The smallest absolute Gasteiger partial charge is 0.234 e. The molecular weight excluding hydrogens is 204 g/mol. The van der Waals surface area contributed by atoms with Gasteiger partial charge in [0.25, 0.3) is 0 Å². The second kappa shape index (κ2) is 3.79. The quantitative estimate of drug-likeness (QED) is 0.805. The van der Waals surface area contributed by atoms with Crippen LogP contribution in [-0.4, -0.2) is 19.1 Å². The molecular formula is C12H16N2O2. The number of benzene rings is 1. The van der Waals surface area contributed by atoms with E-state index >= 15 is 0 Å². The summed E-state index contributed by atoms with van der Waals surface area (Å²) in [6.45, 7) is 4.78. The lowest BCUT2D eigenvalue weighted by atomic mass is 9.86. The van der Waals surface area contributed by atoms with Crippen molar-refractivity contribution in [2.75, 3.05) is 18.5 Å². The highest BCUT2D eigenvalue weighted by Crippen LogP contribution is 2.39. The van der Waals surface area contributed by atoms with Gasteiger partial charge in [-0.25, -0.2) is 0 Å². The third-order valence-electron chi connectivity index (χ3n) is 2.87. The summed E-state index contributed by atoms with van der Waals surface area (Å²) in [7, 11) is 0. The number of carbonyl (C=O) groups is 1. The molecule has 1 heterocycles. The van der Waals surface area contributed by atoms with Gasteiger partial charge in [-0.3, -0.25) is 4.79 Å². The van der Waals surface area contributed by atoms with Gasteiger partial charge in [0, 0.05) is 12.2 Å². The third kappa shape index (κ3) is 1.65. The number of hydrogen-bond donors (Lipinski definition) is 2. The second-order valence-corrected chi connectivity index (χ2v) is 4.42. The first-order valence-corrected chi connectivity index (χ1v) is 5.34. The molecule has 3 N–H and O–H groups in total. The number of nitrogens with two attached hydrogens (primary N) is 1. The van der Waals surface area contributed by atoms with Crippen LogP contribution in [0.5, 0.6) is 5.75 Å². The number of ether oxygens (including phenoxy) is 1. The van der Waals surface area contributed by atoms with Gasteiger partial charge in [-0.1, -0.05) is 0 Å². The fourth-order valence-electron chi connectivity index (χ4n) is 1.82. The van der Waals surface area contributed by atoms with E-state index in [2.05, 4.69) is 5.32 Å². The Morgan fingerprint density at radius 1 is 1.44 bits per heavy atom. The molecule has 1 aromatic rings. The standard InChI is InChI=1S/C12H16N2O2/c1-12(2)9-7-8(16-6-5-13)3-4-10(9)14-11(12)15/h3-4,7H,5-6,13H2,1-2H3,(H,14,15). The van der Waals surface area contributed by atoms with E-state index in [0.29, 0.717) is 13.2 Å². The number of anilines is 1. The van der Waals surface area contributed by atoms with Gasteiger partial charge in [0.05, 0.1) is 5.41 Å². The van der Waals surface area contributed by atoms with Gasteiger partial charge in [-0.2, -0.15) is 0 Å². The molecule has 0 fully saturated rings. The molecule has 2 rings (SSSR count). The fourth-order valence-corrected chi connectivity index (χ4v) is 1.82. The molecule has 16 heavy (non-hydrogen) atoms. The SMILES string of the molecule is CC1(C)C(=O)Nc2ccc(OCCN)cc21. The average Bonchev–Trinajstić information content (AvgIpc) is 2.48. The highest BCUT2D eigenvalue weighted by atomic mass is 16.5. The van der Waals surface area contributed by atoms with Crippen molar-refractivity contribution in [3.8, 4) is 5.75 Å². The predicted molar refractivity (Wildman–Crippen MR) is 62.6 cm³/mol. The van der Waals surface area contributed by atoms with Crippen LogP contribution in [0.25, 0.3) is 0 Å². The minimum absolute atomic E-state index is 0.0264. The summed E-state index contributed by atoms with van der Waals surface area (Å²) in [6.07, 6.45) is 0. The van der Waals surface area contributed by atoms with Crippen LogP contribution in [-0.2, 0) is 10.2 Å². The van der Waals surface area contributed by atoms with E-state index in [-0.39, 0.29) is 5.91 Å². The summed E-state index contributed by atoms with van der Waals surface area (Å²) in [5.41, 5.74) is 6.73. The third-order valence-corrected chi connectivity index (χ3v) is 2.87. The molecule has 0 atom stereocenters. The van der Waals surface area contributed by atoms with Crippen molar-refractivity contribution in [2.24, 2.45) is 5.73 Å². The summed E-state index contributed by atoms with van der Waals surface area (Å²) < 4.78 is 5.44. The minimum Gasteiger partial charge on any atom is -0.492 e. The van der Waals surface area contributed by atoms with Crippen molar-refractivity contribution in [3.63, 3.8) is 0 Å². The molecule has 0 saturated carbocycles. The van der Waals surface area contributed by atoms with Gasteiger partial charge < -0.3 is 15.8 Å². The topological polar surface area (TPSA) is 64.3 Å². The molecule has 1 aliphatic heterocycles. The van der Waals surface area contributed by atoms with Crippen molar-refractivity contribution >= 4 is 11.6 Å². The predicted octanol–water partition coefficient (Wildman–Crippen LogP) is 1.25. The van der Waals surface area contributed by atoms with Gasteiger partial charge in [-0.15, -0.1) is 0 Å². The first-order chi connectivity index (χ1) is 7.55. The lowest BCUT2D eigenvalue weighted by molar-refractivity contribution is -0.119. The Balaban J connectivity index is 2.33. The van der Waals surface area contributed by atoms with E-state index in [9.17, 15) is 4.79 Å². The number of carbonyl (C=O) groups excluding carboxylic acids is 1. The van der Waals surface area contributed by atoms with E-state index in [1.165, 1.54) is 0 Å². The van der Waals surface area contributed by atoms with Gasteiger partial charge in [0.2, 0.25) is 5.91 Å². The van der Waals surface area contributed by atoms with Crippen LogP contribution in [0.1, 0.15) is 19.4 Å². The Bertz CT molecular complexity index is 427. The summed E-state index contributed by atoms with van der Waals surface area (Å²) in [6, 6.07) is 5.62. The Kier molecular flexibility index (Phi) is 2.59. The molecule has 1 aromatic carbocycles. The first kappa shape index (κ1) is 11.0. The van der Waals surface area contributed by atoms with Gasteiger partial charge in [0.15, 0.2) is 0 Å². The van der Waals surface area contributed by atoms with Crippen molar-refractivity contribution in [1.29, 1.82) is 0 Å². The molecule has 0 bridgehead atoms. The number of hydrogen-bond acceptors (Lipinski definition) is 3. The normalized spacial score (nSPS) is 16.8. The van der Waals surface area contributed by atoms with Crippen molar-refractivity contribution < 1.29 is 9.53 Å². The molecule has 1 amide bonds. The molecule has 0 aliphatic carbocycles. The van der Waals surface area contributed by atoms with Crippen molar-refractivity contribution in [3.05, 3.63) is 23.8 Å². The molecule has 4 heteroatoms. The molecule has 0 unspecified atom stereocenters. The summed E-state index contributed by atoms with van der Waals surface area (Å²) in [4.78, 5) is 11.7. The zero-order chi connectivity index (χ0) is 11.8. The summed E-state index contributed by atoms with van der Waals surface area (Å²) in [5.74, 6) is 0.784. The van der Waals surface area contributed by atoms with E-state index in [1.807, 2.05) is 32.0 Å². The maximum Gasteiger partial charge on any atom is 0.234 e. The highest BCUT2D eigenvalue weighted by Gasteiger charge is 2.38. The number of nitrogens with one attached hydrogen (secondary N) is 1. The van der Waals surface area contributed by atoms with E-state index in [1.54, 1.807) is 0 Å². The second-order valence-electron chi connectivity index (χ2n) is 4.42. The van der Waals surface area contributed by atoms with Crippen LogP contribution in [0.3, 0.4) is 0 Å². The van der Waals surface area contributed by atoms with Gasteiger partial charge >= 0.3 is 0 Å². The zero-order valence-electron chi connectivity index (χ0n) is 9.54. The van der Waals surface area contributed by atoms with Crippen LogP contribution in [0.15, 0.2) is 18.2 Å². The summed E-state index contributed by atoms with van der Waals surface area (Å²) >= 11 is 0. The Labute approximate surface area is 94.8 Å². The van der Waals surface area contributed by atoms with E-state index < -0.39 is 5.41 Å². The number of amides is 1. The fraction of sp³-hybridized carbons (Fsp3) is 0.417. The molecule has 86 valence electrons. The first-order valence-electron chi connectivity index (χ1n) is 5.34. The van der Waals surface area contributed by atoms with Gasteiger partial charge in [-0.05, 0) is 37.6 Å². The summed E-state index contributed by atoms with van der Waals surface area (Å²) in [5, 5.41) is 2.85. The van der Waals surface area contributed by atoms with E-state index in [0.717, 1.165) is 17.0 Å². The van der Waals surface area contributed by atoms with Crippen molar-refractivity contribution in [1.82, 2.24) is 0 Å². The maximum absolute atomic E-state index is 11.7. The van der Waals surface area contributed by atoms with Crippen LogP contribution in [0.4, 0.5) is 5.69 Å². The van der Waals surface area contributed by atoms with Crippen LogP contribution in [0.2, 0.25) is 0 Å². The van der Waals surface area contributed by atoms with Crippen molar-refractivity contribution in [2.45, 2.75) is 19.3 Å². The Morgan fingerprint density at radius 2 is 2.19 bits per heavy atom. The Hall–Kier alpha value is -1.55. The van der Waals surface area contributed by atoms with Crippen LogP contribution < -0.4 is 15.8 Å². The lowest BCUT2D eigenvalue weighted by Gasteiger charge is -2.15. The monoisotopic (exact) mass is 220 g/mol. The average molecular weight is 220 g/mol. The van der Waals surface area contributed by atoms with E-state index in [4.69, 9.17) is 10.5 Å². The number of fused-ring (bicyclic) bond motifs is 1. The largest absolute Gasteiger partial charge is 0.492 e. The Morgan fingerprint density at radius 3 is 2.88 bits per heavy atom. The maximum atomic E-state index is 11.7. The zero-order valence-corrected chi connectivity index (χ0v) is 9.54. The highest BCUT2D eigenvalue weighted by molar-refractivity contribution is 6.05. The lowest BCUT2D eigenvalue weighted by Crippen LogP contribution is -2.26. The van der Waals surface area contributed by atoms with Gasteiger partial charge in [0.1, 0.15) is 12.4 Å². The molecule has 0 spiro atoms. The molecule has 4 nitrogen and oxygen atoms in total. The molecule has 0 radical (unpaired) electrons. The molecule has 0 saturated heterocycles. The molecule has 1 aliphatic rings. The molecule has 0 aromatic heterocycles. The van der Waals surface area contributed by atoms with Crippen LogP contribution in [0, 0.1) is 0 Å². The number of rotatable bonds is 3.